The number of hydrogen-bond donors (Lipinski definition) is 2. The molecule has 18 heavy (non-hydrogen) atoms. The minimum Gasteiger partial charge on any atom is -0.398 e. The average molecular weight is 268 g/mol. The fourth-order valence-electron chi connectivity index (χ4n) is 2.06. The lowest BCUT2D eigenvalue weighted by Crippen LogP contribution is -2.35. The molecule has 100 valence electrons. The molecule has 0 spiro atoms. The van der Waals surface area contributed by atoms with Crippen molar-refractivity contribution in [2.75, 3.05) is 5.73 Å². The monoisotopic (exact) mass is 268 g/mol. The SMILES string of the molecule is CCC(CC1CC1)NS(=O)(=O)c1ccccc1N. The Morgan fingerprint density at radius 3 is 2.61 bits per heavy atom. The van der Waals surface area contributed by atoms with Gasteiger partial charge < -0.3 is 5.73 Å². The maximum Gasteiger partial charge on any atom is 0.242 e. The van der Waals surface area contributed by atoms with E-state index in [0.717, 1.165) is 12.8 Å². The van der Waals surface area contributed by atoms with Crippen molar-refractivity contribution in [2.24, 2.45) is 5.92 Å². The van der Waals surface area contributed by atoms with Gasteiger partial charge in [0.05, 0.1) is 5.69 Å². The second-order valence-corrected chi connectivity index (χ2v) is 6.63. The van der Waals surface area contributed by atoms with E-state index in [9.17, 15) is 8.42 Å². The van der Waals surface area contributed by atoms with Crippen LogP contribution < -0.4 is 10.5 Å². The van der Waals surface area contributed by atoms with Crippen molar-refractivity contribution < 1.29 is 8.42 Å². The highest BCUT2D eigenvalue weighted by Gasteiger charge is 2.28. The summed E-state index contributed by atoms with van der Waals surface area (Å²) in [7, 11) is -3.50. The third kappa shape index (κ3) is 3.23. The van der Waals surface area contributed by atoms with Gasteiger partial charge in [-0.15, -0.1) is 0 Å². The minimum absolute atomic E-state index is 0.0158. The third-order valence-electron chi connectivity index (χ3n) is 3.34. The van der Waals surface area contributed by atoms with Gasteiger partial charge in [-0.3, -0.25) is 0 Å². The van der Waals surface area contributed by atoms with E-state index < -0.39 is 10.0 Å². The highest BCUT2D eigenvalue weighted by Crippen LogP contribution is 2.34. The molecule has 1 saturated carbocycles. The van der Waals surface area contributed by atoms with E-state index in [2.05, 4.69) is 4.72 Å². The molecule has 0 amide bonds. The van der Waals surface area contributed by atoms with Crippen LogP contribution in [0.1, 0.15) is 32.6 Å². The zero-order chi connectivity index (χ0) is 13.2. The molecule has 1 aromatic rings. The van der Waals surface area contributed by atoms with E-state index in [4.69, 9.17) is 5.73 Å². The topological polar surface area (TPSA) is 72.2 Å². The predicted molar refractivity (Wildman–Crippen MR) is 72.6 cm³/mol. The smallest absolute Gasteiger partial charge is 0.242 e. The quantitative estimate of drug-likeness (QED) is 0.776. The number of benzene rings is 1. The summed E-state index contributed by atoms with van der Waals surface area (Å²) < 4.78 is 27.2. The molecule has 1 aliphatic carbocycles. The largest absolute Gasteiger partial charge is 0.398 e. The van der Waals surface area contributed by atoms with Crippen molar-refractivity contribution in [3.63, 3.8) is 0 Å². The van der Waals surface area contributed by atoms with Gasteiger partial charge in [0.2, 0.25) is 10.0 Å². The van der Waals surface area contributed by atoms with Crippen molar-refractivity contribution in [1.82, 2.24) is 4.72 Å². The van der Waals surface area contributed by atoms with E-state index in [0.29, 0.717) is 11.6 Å². The van der Waals surface area contributed by atoms with E-state index >= 15 is 0 Å². The summed E-state index contributed by atoms with van der Waals surface area (Å²) in [5.74, 6) is 0.700. The molecule has 2 rings (SSSR count). The van der Waals surface area contributed by atoms with Gasteiger partial charge in [0.25, 0.3) is 0 Å². The van der Waals surface area contributed by atoms with Crippen LogP contribution in [0.2, 0.25) is 0 Å². The van der Waals surface area contributed by atoms with Crippen LogP contribution in [0.15, 0.2) is 29.2 Å². The fourth-order valence-corrected chi connectivity index (χ4v) is 3.53. The van der Waals surface area contributed by atoms with E-state index in [-0.39, 0.29) is 10.9 Å². The highest BCUT2D eigenvalue weighted by molar-refractivity contribution is 7.89. The normalized spacial score (nSPS) is 17.6. The molecule has 0 bridgehead atoms. The Bertz CT molecular complexity index is 509. The van der Waals surface area contributed by atoms with Crippen molar-refractivity contribution >= 4 is 15.7 Å². The van der Waals surface area contributed by atoms with Crippen LogP contribution >= 0.6 is 0 Å². The molecule has 1 aliphatic rings. The lowest BCUT2D eigenvalue weighted by Gasteiger charge is -2.17. The molecule has 1 unspecified atom stereocenters. The summed E-state index contributed by atoms with van der Waals surface area (Å²) in [6.07, 6.45) is 4.20. The number of nitrogens with one attached hydrogen (secondary N) is 1. The summed E-state index contributed by atoms with van der Waals surface area (Å²) in [6, 6.07) is 6.59. The van der Waals surface area contributed by atoms with Crippen LogP contribution in [-0.2, 0) is 10.0 Å². The van der Waals surface area contributed by atoms with Crippen molar-refractivity contribution in [2.45, 2.75) is 43.5 Å². The molecule has 5 heteroatoms. The van der Waals surface area contributed by atoms with Gasteiger partial charge in [-0.2, -0.15) is 0 Å². The molecule has 0 radical (unpaired) electrons. The Morgan fingerprint density at radius 2 is 2.06 bits per heavy atom. The first-order chi connectivity index (χ1) is 8.53. The Hall–Kier alpha value is -1.07. The fraction of sp³-hybridized carbons (Fsp3) is 0.538. The molecule has 1 fully saturated rings. The molecule has 4 nitrogen and oxygen atoms in total. The maximum atomic E-state index is 12.2. The van der Waals surface area contributed by atoms with Crippen LogP contribution in [0.25, 0.3) is 0 Å². The van der Waals surface area contributed by atoms with Crippen LogP contribution in [-0.4, -0.2) is 14.5 Å². The predicted octanol–water partition coefficient (Wildman–Crippen LogP) is 2.13. The number of nitrogen functional groups attached to an aromatic ring is 1. The Morgan fingerprint density at radius 1 is 1.39 bits per heavy atom. The van der Waals surface area contributed by atoms with Crippen molar-refractivity contribution in [3.05, 3.63) is 24.3 Å². The first kappa shape index (κ1) is 13.4. The van der Waals surface area contributed by atoms with Crippen LogP contribution in [0.5, 0.6) is 0 Å². The molecule has 0 aromatic heterocycles. The lowest BCUT2D eigenvalue weighted by atomic mass is 10.1. The van der Waals surface area contributed by atoms with Crippen LogP contribution in [0.4, 0.5) is 5.69 Å². The molecule has 1 atom stereocenters. The number of anilines is 1. The van der Waals surface area contributed by atoms with Gasteiger partial charge >= 0.3 is 0 Å². The summed E-state index contributed by atoms with van der Waals surface area (Å²) in [6.45, 7) is 2.00. The van der Waals surface area contributed by atoms with Crippen LogP contribution in [0.3, 0.4) is 0 Å². The summed E-state index contributed by atoms with van der Waals surface area (Å²) in [5, 5.41) is 0. The first-order valence-corrected chi connectivity index (χ1v) is 7.88. The zero-order valence-electron chi connectivity index (χ0n) is 10.6. The van der Waals surface area contributed by atoms with Gasteiger partial charge in [-0.05, 0) is 30.9 Å². The molecule has 0 aliphatic heterocycles. The number of nitrogens with two attached hydrogens (primary N) is 1. The molecule has 0 saturated heterocycles. The van der Waals surface area contributed by atoms with Crippen molar-refractivity contribution in [3.8, 4) is 0 Å². The molecule has 3 N–H and O–H groups in total. The van der Waals surface area contributed by atoms with E-state index in [1.54, 1.807) is 24.3 Å². The number of hydrogen-bond acceptors (Lipinski definition) is 3. The summed E-state index contributed by atoms with van der Waals surface area (Å²) >= 11 is 0. The standard InChI is InChI=1S/C13H20N2O2S/c1-2-11(9-10-7-8-10)15-18(16,17)13-6-4-3-5-12(13)14/h3-6,10-11,15H,2,7-9,14H2,1H3. The van der Waals surface area contributed by atoms with Crippen molar-refractivity contribution in [1.29, 1.82) is 0 Å². The minimum atomic E-state index is -3.50. The Kier molecular flexibility index (Phi) is 3.92. The average Bonchev–Trinajstić information content (AvgIpc) is 3.12. The number of sulfonamides is 1. The lowest BCUT2D eigenvalue weighted by molar-refractivity contribution is 0.495. The van der Waals surface area contributed by atoms with Gasteiger partial charge in [0, 0.05) is 6.04 Å². The molecular formula is C13H20N2O2S. The van der Waals surface area contributed by atoms with Gasteiger partial charge in [-0.1, -0.05) is 31.9 Å². The zero-order valence-corrected chi connectivity index (χ0v) is 11.4. The first-order valence-electron chi connectivity index (χ1n) is 6.39. The van der Waals surface area contributed by atoms with E-state index in [1.165, 1.54) is 12.8 Å². The summed E-state index contributed by atoms with van der Waals surface area (Å²) in [4.78, 5) is 0.180. The number of para-hydroxylation sites is 1. The third-order valence-corrected chi connectivity index (χ3v) is 4.93. The molecule has 0 heterocycles. The maximum absolute atomic E-state index is 12.2. The van der Waals surface area contributed by atoms with Gasteiger partial charge in [-0.25, -0.2) is 13.1 Å². The Balaban J connectivity index is 2.12. The molecule has 1 aromatic carbocycles. The van der Waals surface area contributed by atoms with Gasteiger partial charge in [0.15, 0.2) is 0 Å². The second kappa shape index (κ2) is 5.28. The Labute approximate surface area is 109 Å². The highest BCUT2D eigenvalue weighted by atomic mass is 32.2. The van der Waals surface area contributed by atoms with Crippen LogP contribution in [0, 0.1) is 5.92 Å². The summed E-state index contributed by atoms with van der Waals surface area (Å²) in [5.41, 5.74) is 6.02. The van der Waals surface area contributed by atoms with Gasteiger partial charge in [0.1, 0.15) is 4.90 Å². The number of rotatable bonds is 6. The second-order valence-electron chi connectivity index (χ2n) is 4.94. The van der Waals surface area contributed by atoms with E-state index in [1.807, 2.05) is 6.92 Å². The molecular weight excluding hydrogens is 248 g/mol.